The monoisotopic (exact) mass is 366 g/mol. The third-order valence-corrected chi connectivity index (χ3v) is 3.97. The Morgan fingerprint density at radius 3 is 2.41 bits per heavy atom. The maximum atomic E-state index is 12.7. The summed E-state index contributed by atoms with van der Waals surface area (Å²) in [6, 6.07) is 13.7. The first-order valence-electron chi connectivity index (χ1n) is 8.67. The fraction of sp³-hybridized carbons (Fsp3) is 0.238. The number of hydrogen-bond donors (Lipinski definition) is 1. The van der Waals surface area contributed by atoms with E-state index in [9.17, 15) is 9.59 Å². The zero-order chi connectivity index (χ0) is 19.6. The van der Waals surface area contributed by atoms with Gasteiger partial charge in [-0.15, -0.1) is 0 Å². The van der Waals surface area contributed by atoms with Gasteiger partial charge < -0.3 is 19.4 Å². The number of carbonyl (C=O) groups is 1. The molecular weight excluding hydrogens is 344 g/mol. The van der Waals surface area contributed by atoms with Crippen molar-refractivity contribution in [3.8, 4) is 5.75 Å². The van der Waals surface area contributed by atoms with Crippen molar-refractivity contribution in [2.24, 2.45) is 0 Å². The van der Waals surface area contributed by atoms with Crippen LogP contribution < -0.4 is 20.6 Å². The Morgan fingerprint density at radius 2 is 1.78 bits per heavy atom. The second-order valence-electron chi connectivity index (χ2n) is 6.70. The van der Waals surface area contributed by atoms with E-state index in [0.717, 1.165) is 5.69 Å². The van der Waals surface area contributed by atoms with Crippen LogP contribution in [0, 0.1) is 0 Å². The number of carbonyl (C=O) groups excluding carboxylic acids is 1. The minimum atomic E-state index is -0.586. The average Bonchev–Trinajstić information content (AvgIpc) is 2.60. The second-order valence-corrected chi connectivity index (χ2v) is 6.70. The Morgan fingerprint density at radius 1 is 1.07 bits per heavy atom. The molecule has 0 aliphatic rings. The summed E-state index contributed by atoms with van der Waals surface area (Å²) in [6.45, 7) is 3.82. The molecule has 2 aromatic carbocycles. The van der Waals surface area contributed by atoms with Crippen molar-refractivity contribution in [2.45, 2.75) is 20.0 Å². The van der Waals surface area contributed by atoms with Gasteiger partial charge in [-0.1, -0.05) is 0 Å². The molecule has 0 fully saturated rings. The molecule has 6 heteroatoms. The molecule has 0 saturated heterocycles. The van der Waals surface area contributed by atoms with Crippen molar-refractivity contribution >= 4 is 28.3 Å². The van der Waals surface area contributed by atoms with Gasteiger partial charge in [0.2, 0.25) is 0 Å². The normalized spacial score (nSPS) is 10.9. The first kappa shape index (κ1) is 18.5. The highest BCUT2D eigenvalue weighted by molar-refractivity contribution is 6.12. The van der Waals surface area contributed by atoms with Crippen LogP contribution in [0.2, 0.25) is 0 Å². The molecule has 0 aliphatic carbocycles. The van der Waals surface area contributed by atoms with E-state index >= 15 is 0 Å². The van der Waals surface area contributed by atoms with E-state index in [1.54, 1.807) is 18.2 Å². The van der Waals surface area contributed by atoms with E-state index in [-0.39, 0.29) is 17.6 Å². The SMILES string of the molecule is CC(C)Oc1ccc2c(C(=O)Nc3ccc(N(C)C)cc3)cc(=O)oc2c1. The zero-order valence-electron chi connectivity index (χ0n) is 15.8. The molecule has 140 valence electrons. The molecule has 1 aromatic heterocycles. The summed E-state index contributed by atoms with van der Waals surface area (Å²) in [7, 11) is 3.89. The molecule has 0 aliphatic heterocycles. The van der Waals surface area contributed by atoms with Gasteiger partial charge in [-0.3, -0.25) is 4.79 Å². The van der Waals surface area contributed by atoms with Crippen LogP contribution in [0.4, 0.5) is 11.4 Å². The molecule has 1 amide bonds. The number of nitrogens with zero attached hydrogens (tertiary/aromatic N) is 1. The maximum absolute atomic E-state index is 12.7. The molecule has 3 aromatic rings. The smallest absolute Gasteiger partial charge is 0.337 e. The van der Waals surface area contributed by atoms with Gasteiger partial charge in [0.15, 0.2) is 0 Å². The first-order valence-corrected chi connectivity index (χ1v) is 8.67. The van der Waals surface area contributed by atoms with Gasteiger partial charge in [0, 0.05) is 43.0 Å². The molecule has 0 unspecified atom stereocenters. The zero-order valence-corrected chi connectivity index (χ0v) is 15.8. The molecule has 0 spiro atoms. The Kier molecular flexibility index (Phi) is 5.16. The van der Waals surface area contributed by atoms with Crippen LogP contribution in [0.3, 0.4) is 0 Å². The van der Waals surface area contributed by atoms with E-state index < -0.39 is 5.63 Å². The Labute approximate surface area is 157 Å². The van der Waals surface area contributed by atoms with Crippen LogP contribution in [0.25, 0.3) is 11.0 Å². The minimum Gasteiger partial charge on any atom is -0.491 e. The molecule has 0 atom stereocenters. The molecule has 6 nitrogen and oxygen atoms in total. The van der Waals surface area contributed by atoms with E-state index in [2.05, 4.69) is 5.32 Å². The lowest BCUT2D eigenvalue weighted by Crippen LogP contribution is -2.15. The van der Waals surface area contributed by atoms with E-state index in [1.165, 1.54) is 6.07 Å². The van der Waals surface area contributed by atoms with E-state index in [0.29, 0.717) is 22.4 Å². The topological polar surface area (TPSA) is 71.8 Å². The summed E-state index contributed by atoms with van der Waals surface area (Å²) in [4.78, 5) is 26.6. The highest BCUT2D eigenvalue weighted by Gasteiger charge is 2.14. The fourth-order valence-electron chi connectivity index (χ4n) is 2.72. The first-order chi connectivity index (χ1) is 12.8. The number of hydrogen-bond acceptors (Lipinski definition) is 5. The van der Waals surface area contributed by atoms with Crippen molar-refractivity contribution in [1.82, 2.24) is 0 Å². The Balaban J connectivity index is 1.92. The summed E-state index contributed by atoms with van der Waals surface area (Å²) in [5.74, 6) is 0.209. The lowest BCUT2D eigenvalue weighted by atomic mass is 10.1. The van der Waals surface area contributed by atoms with Crippen LogP contribution in [-0.2, 0) is 0 Å². The number of anilines is 2. The molecule has 0 bridgehead atoms. The van der Waals surface area contributed by atoms with Crippen molar-refractivity contribution < 1.29 is 13.9 Å². The molecule has 3 rings (SSSR count). The van der Waals surface area contributed by atoms with Gasteiger partial charge in [0.05, 0.1) is 11.7 Å². The summed E-state index contributed by atoms with van der Waals surface area (Å²) >= 11 is 0. The van der Waals surface area contributed by atoms with Gasteiger partial charge >= 0.3 is 5.63 Å². The quantitative estimate of drug-likeness (QED) is 0.694. The minimum absolute atomic E-state index is 0.00853. The number of fused-ring (bicyclic) bond motifs is 1. The number of benzene rings is 2. The molecule has 0 saturated carbocycles. The lowest BCUT2D eigenvalue weighted by molar-refractivity contribution is 0.102. The number of rotatable bonds is 5. The van der Waals surface area contributed by atoms with Crippen molar-refractivity contribution in [3.63, 3.8) is 0 Å². The summed E-state index contributed by atoms with van der Waals surface area (Å²) in [5, 5.41) is 3.37. The number of amides is 1. The highest BCUT2D eigenvalue weighted by atomic mass is 16.5. The average molecular weight is 366 g/mol. The Hall–Kier alpha value is -3.28. The maximum Gasteiger partial charge on any atom is 0.337 e. The fourth-order valence-corrected chi connectivity index (χ4v) is 2.72. The third-order valence-electron chi connectivity index (χ3n) is 3.97. The largest absolute Gasteiger partial charge is 0.491 e. The van der Waals surface area contributed by atoms with Crippen LogP contribution in [-0.4, -0.2) is 26.1 Å². The van der Waals surface area contributed by atoms with Gasteiger partial charge in [-0.25, -0.2) is 4.79 Å². The van der Waals surface area contributed by atoms with Gasteiger partial charge in [0.1, 0.15) is 11.3 Å². The second kappa shape index (κ2) is 7.53. The highest BCUT2D eigenvalue weighted by Crippen LogP contribution is 2.24. The van der Waals surface area contributed by atoms with Gasteiger partial charge in [-0.05, 0) is 50.2 Å². The van der Waals surface area contributed by atoms with Crippen LogP contribution >= 0.6 is 0 Å². The van der Waals surface area contributed by atoms with Crippen molar-refractivity contribution in [1.29, 1.82) is 0 Å². The van der Waals surface area contributed by atoms with E-state index in [4.69, 9.17) is 9.15 Å². The van der Waals surface area contributed by atoms with Crippen LogP contribution in [0.15, 0.2) is 57.7 Å². The summed E-state index contributed by atoms with van der Waals surface area (Å²) in [5.41, 5.74) is 1.66. The predicted octanol–water partition coefficient (Wildman–Crippen LogP) is 3.90. The molecular formula is C21H22N2O4. The summed E-state index contributed by atoms with van der Waals surface area (Å²) in [6.07, 6.45) is -0.00853. The van der Waals surface area contributed by atoms with Crippen LogP contribution in [0.5, 0.6) is 5.75 Å². The summed E-state index contributed by atoms with van der Waals surface area (Å²) < 4.78 is 10.9. The molecule has 0 radical (unpaired) electrons. The number of nitrogens with one attached hydrogen (secondary N) is 1. The van der Waals surface area contributed by atoms with E-state index in [1.807, 2.05) is 57.1 Å². The lowest BCUT2D eigenvalue weighted by Gasteiger charge is -2.13. The standard InChI is InChI=1S/C21H22N2O4/c1-13(2)26-16-9-10-17-18(12-20(24)27-19(17)11-16)21(25)22-14-5-7-15(8-6-14)23(3)4/h5-13H,1-4H3,(H,22,25). The van der Waals surface area contributed by atoms with Crippen molar-refractivity contribution in [2.75, 3.05) is 24.3 Å². The van der Waals surface area contributed by atoms with Gasteiger partial charge in [0.25, 0.3) is 5.91 Å². The Bertz CT molecular complexity index is 1020. The van der Waals surface area contributed by atoms with Crippen molar-refractivity contribution in [3.05, 3.63) is 64.5 Å². The predicted molar refractivity (Wildman–Crippen MR) is 107 cm³/mol. The van der Waals surface area contributed by atoms with Crippen LogP contribution in [0.1, 0.15) is 24.2 Å². The van der Waals surface area contributed by atoms with Gasteiger partial charge in [-0.2, -0.15) is 0 Å². The third kappa shape index (κ3) is 4.28. The molecule has 1 heterocycles. The molecule has 1 N–H and O–H groups in total. The number of ether oxygens (including phenoxy) is 1. The molecule has 27 heavy (non-hydrogen) atoms.